The third kappa shape index (κ3) is 4.61. The number of aromatic nitrogens is 5. The Morgan fingerprint density at radius 3 is 1.72 bits per heavy atom. The lowest BCUT2D eigenvalue weighted by atomic mass is 9.77. The molecular weight excluding hydrogens is 562 g/mol. The van der Waals surface area contributed by atoms with Crippen molar-refractivity contribution in [2.75, 3.05) is 0 Å². The highest BCUT2D eigenvalue weighted by molar-refractivity contribution is 5.81. The molecule has 5 heteroatoms. The van der Waals surface area contributed by atoms with Crippen LogP contribution in [0.1, 0.15) is 22.3 Å². The van der Waals surface area contributed by atoms with Gasteiger partial charge in [0, 0.05) is 35.3 Å². The molecule has 0 amide bonds. The average Bonchev–Trinajstić information content (AvgIpc) is 3.76. The predicted octanol–water partition coefficient (Wildman–Crippen LogP) is 9.08. The van der Waals surface area contributed by atoms with Crippen molar-refractivity contribution in [2.24, 2.45) is 0 Å². The number of imidazole rings is 1. The van der Waals surface area contributed by atoms with Crippen molar-refractivity contribution in [1.82, 2.24) is 24.1 Å². The van der Waals surface area contributed by atoms with Gasteiger partial charge in [-0.25, -0.2) is 4.98 Å². The lowest BCUT2D eigenvalue weighted by Crippen LogP contribution is -2.38. The molecule has 4 aromatic heterocycles. The summed E-state index contributed by atoms with van der Waals surface area (Å²) in [6.45, 7) is 2.11. The van der Waals surface area contributed by atoms with Crippen molar-refractivity contribution < 1.29 is 0 Å². The molecule has 0 unspecified atom stereocenters. The second kappa shape index (κ2) is 11.5. The maximum atomic E-state index is 5.52. The molecule has 0 saturated carbocycles. The first-order chi connectivity index (χ1) is 22.7. The van der Waals surface area contributed by atoms with Crippen LogP contribution in [0.2, 0.25) is 0 Å². The highest BCUT2D eigenvalue weighted by atomic mass is 15.3. The highest BCUT2D eigenvalue weighted by Crippen LogP contribution is 2.43. The summed E-state index contributed by atoms with van der Waals surface area (Å²) in [5.41, 5.74) is 10.5. The van der Waals surface area contributed by atoms with Gasteiger partial charge in [-0.15, -0.1) is 0 Å². The van der Waals surface area contributed by atoms with Crippen LogP contribution in [-0.4, -0.2) is 24.1 Å². The Hall–Kier alpha value is -6.07. The molecule has 0 radical (unpaired) electrons. The van der Waals surface area contributed by atoms with E-state index in [4.69, 9.17) is 5.10 Å². The molecule has 4 aromatic carbocycles. The Morgan fingerprint density at radius 1 is 0.543 bits per heavy atom. The third-order valence-electron chi connectivity index (χ3n) is 8.70. The monoisotopic (exact) mass is 593 g/mol. The number of rotatable bonds is 7. The smallest absolute Gasteiger partial charge is 0.138 e. The molecule has 8 aromatic rings. The molecule has 0 N–H and O–H groups in total. The zero-order valence-electron chi connectivity index (χ0n) is 25.4. The Bertz CT molecular complexity index is 2140. The van der Waals surface area contributed by atoms with Crippen LogP contribution in [-0.2, 0) is 5.54 Å². The second-order valence-corrected chi connectivity index (χ2v) is 11.5. The molecule has 0 spiro atoms. The van der Waals surface area contributed by atoms with Crippen LogP contribution in [0.25, 0.3) is 39.4 Å². The van der Waals surface area contributed by atoms with E-state index in [-0.39, 0.29) is 0 Å². The number of hydrogen-bond acceptors (Lipinski definition) is 3. The van der Waals surface area contributed by atoms with Crippen molar-refractivity contribution >= 4 is 5.65 Å². The zero-order valence-corrected chi connectivity index (χ0v) is 25.4. The van der Waals surface area contributed by atoms with Crippen LogP contribution in [0, 0.1) is 6.92 Å². The van der Waals surface area contributed by atoms with Gasteiger partial charge in [-0.3, -0.25) is 14.1 Å². The minimum Gasteiger partial charge on any atom is -0.298 e. The van der Waals surface area contributed by atoms with Crippen LogP contribution in [0.5, 0.6) is 0 Å². The second-order valence-electron chi connectivity index (χ2n) is 11.5. The molecule has 0 saturated heterocycles. The van der Waals surface area contributed by atoms with Gasteiger partial charge in [0.25, 0.3) is 0 Å². The van der Waals surface area contributed by atoms with E-state index in [1.54, 1.807) is 0 Å². The summed E-state index contributed by atoms with van der Waals surface area (Å²) in [5.74, 6) is 0. The highest BCUT2D eigenvalue weighted by Gasteiger charge is 2.40. The summed E-state index contributed by atoms with van der Waals surface area (Å²) in [6.07, 6.45) is 8.06. The zero-order chi connectivity index (χ0) is 30.9. The Morgan fingerprint density at radius 2 is 1.13 bits per heavy atom. The van der Waals surface area contributed by atoms with Gasteiger partial charge in [0.05, 0.1) is 17.6 Å². The van der Waals surface area contributed by atoms with Crippen LogP contribution in [0.15, 0.2) is 170 Å². The van der Waals surface area contributed by atoms with E-state index in [0.717, 1.165) is 56.1 Å². The van der Waals surface area contributed by atoms with Gasteiger partial charge in [-0.2, -0.15) is 5.10 Å². The van der Waals surface area contributed by atoms with Crippen molar-refractivity contribution in [1.29, 1.82) is 0 Å². The molecule has 220 valence electrons. The topological polar surface area (TPSA) is 48.0 Å². The molecule has 0 bridgehead atoms. The first-order valence-electron chi connectivity index (χ1n) is 15.4. The average molecular weight is 594 g/mol. The number of pyridine rings is 2. The first-order valence-corrected chi connectivity index (χ1v) is 15.4. The standard InChI is InChI=1S/C41H31N5/c1-30-20-22-31(23-21-30)40-36(32-24-25-39-43-27-38(45(39)28-32)37-19-11-12-26-42-37)29-46(44-40)41(33-13-5-2-6-14-33,34-15-7-3-8-16-34)35-17-9-4-10-18-35/h2-29H,1H3. The van der Waals surface area contributed by atoms with Crippen LogP contribution < -0.4 is 0 Å². The van der Waals surface area contributed by atoms with Gasteiger partial charge >= 0.3 is 0 Å². The van der Waals surface area contributed by atoms with Crippen LogP contribution in [0.4, 0.5) is 0 Å². The van der Waals surface area contributed by atoms with E-state index in [9.17, 15) is 0 Å². The lowest BCUT2D eigenvalue weighted by Gasteiger charge is -2.36. The molecule has 4 heterocycles. The van der Waals surface area contributed by atoms with Crippen molar-refractivity contribution in [3.05, 3.63) is 193 Å². The molecule has 0 aliphatic rings. The number of hydrogen-bond donors (Lipinski definition) is 0. The van der Waals surface area contributed by atoms with E-state index in [1.165, 1.54) is 5.56 Å². The van der Waals surface area contributed by atoms with E-state index in [0.29, 0.717) is 0 Å². The first kappa shape index (κ1) is 27.5. The van der Waals surface area contributed by atoms with Crippen molar-refractivity contribution in [2.45, 2.75) is 12.5 Å². The molecule has 0 aliphatic heterocycles. The summed E-state index contributed by atoms with van der Waals surface area (Å²) < 4.78 is 4.28. The van der Waals surface area contributed by atoms with Gasteiger partial charge < -0.3 is 0 Å². The maximum absolute atomic E-state index is 5.52. The van der Waals surface area contributed by atoms with Crippen LogP contribution >= 0.6 is 0 Å². The molecule has 46 heavy (non-hydrogen) atoms. The lowest BCUT2D eigenvalue weighted by molar-refractivity contribution is 0.461. The molecule has 5 nitrogen and oxygen atoms in total. The van der Waals surface area contributed by atoms with E-state index in [1.807, 2.05) is 30.6 Å². The number of fused-ring (bicyclic) bond motifs is 1. The van der Waals surface area contributed by atoms with E-state index >= 15 is 0 Å². The van der Waals surface area contributed by atoms with Gasteiger partial charge in [0.2, 0.25) is 0 Å². The van der Waals surface area contributed by atoms with E-state index < -0.39 is 5.54 Å². The fourth-order valence-corrected chi connectivity index (χ4v) is 6.46. The normalized spacial score (nSPS) is 11.6. The van der Waals surface area contributed by atoms with Gasteiger partial charge in [-0.05, 0) is 47.9 Å². The minimum absolute atomic E-state index is 0.736. The quantitative estimate of drug-likeness (QED) is 0.173. The van der Waals surface area contributed by atoms with Crippen LogP contribution in [0.3, 0.4) is 0 Å². The summed E-state index contributed by atoms with van der Waals surface area (Å²) in [5, 5.41) is 5.52. The minimum atomic E-state index is -0.736. The van der Waals surface area contributed by atoms with Crippen molar-refractivity contribution in [3.8, 4) is 33.8 Å². The van der Waals surface area contributed by atoms with Gasteiger partial charge in [-0.1, -0.05) is 127 Å². The van der Waals surface area contributed by atoms with Crippen molar-refractivity contribution in [3.63, 3.8) is 0 Å². The fourth-order valence-electron chi connectivity index (χ4n) is 6.46. The Labute approximate surface area is 268 Å². The predicted molar refractivity (Wildman–Crippen MR) is 184 cm³/mol. The Kier molecular flexibility index (Phi) is 6.84. The fraction of sp³-hybridized carbons (Fsp3) is 0.0488. The maximum Gasteiger partial charge on any atom is 0.138 e. The largest absolute Gasteiger partial charge is 0.298 e. The Balaban J connectivity index is 1.43. The van der Waals surface area contributed by atoms with E-state index in [2.05, 4.69) is 166 Å². The summed E-state index contributed by atoms with van der Waals surface area (Å²) in [4.78, 5) is 9.29. The molecule has 0 aliphatic carbocycles. The number of benzene rings is 4. The summed E-state index contributed by atoms with van der Waals surface area (Å²) in [6, 6.07) is 50.8. The SMILES string of the molecule is Cc1ccc(-c2nn(C(c3ccccc3)(c3ccccc3)c3ccccc3)cc2-c2ccc3ncc(-c4ccccn4)n3c2)cc1. The molecule has 0 fully saturated rings. The van der Waals surface area contributed by atoms with Gasteiger partial charge in [0.15, 0.2) is 0 Å². The summed E-state index contributed by atoms with van der Waals surface area (Å²) in [7, 11) is 0. The third-order valence-corrected chi connectivity index (χ3v) is 8.70. The summed E-state index contributed by atoms with van der Waals surface area (Å²) >= 11 is 0. The molecule has 0 atom stereocenters. The molecule has 8 rings (SSSR count). The number of nitrogens with zero attached hydrogens (tertiary/aromatic N) is 5. The molecular formula is C41H31N5. The number of aryl methyl sites for hydroxylation is 1. The van der Waals surface area contributed by atoms with Gasteiger partial charge in [0.1, 0.15) is 16.9 Å².